The van der Waals surface area contributed by atoms with Crippen LogP contribution in [0.1, 0.15) is 12.8 Å². The molecule has 140 valence electrons. The second kappa shape index (κ2) is 7.31. The first kappa shape index (κ1) is 17.4. The Morgan fingerprint density at radius 2 is 1.93 bits per heavy atom. The average molecular weight is 364 g/mol. The zero-order valence-corrected chi connectivity index (χ0v) is 15.7. The van der Waals surface area contributed by atoms with E-state index in [0.717, 1.165) is 54.3 Å². The number of benzene rings is 2. The monoisotopic (exact) mass is 364 g/mol. The van der Waals surface area contributed by atoms with Crippen molar-refractivity contribution in [2.75, 3.05) is 30.4 Å². The normalized spacial score (nSPS) is 15.1. The Morgan fingerprint density at radius 3 is 2.67 bits per heavy atom. The molecule has 1 aromatic heterocycles. The molecule has 1 saturated heterocycles. The number of aromatic nitrogens is 2. The van der Waals surface area contributed by atoms with Crippen molar-refractivity contribution in [3.05, 3.63) is 48.5 Å². The van der Waals surface area contributed by atoms with Crippen LogP contribution >= 0.6 is 0 Å². The first-order valence-electron chi connectivity index (χ1n) is 9.27. The molecule has 4 rings (SSSR count). The molecule has 1 aliphatic rings. The Bertz CT molecular complexity index is 958. The molecule has 0 atom stereocenters. The van der Waals surface area contributed by atoms with E-state index in [0.29, 0.717) is 0 Å². The predicted octanol–water partition coefficient (Wildman–Crippen LogP) is 3.44. The van der Waals surface area contributed by atoms with E-state index in [2.05, 4.69) is 20.9 Å². The van der Waals surface area contributed by atoms with Gasteiger partial charge in [-0.25, -0.2) is 4.98 Å². The van der Waals surface area contributed by atoms with Crippen LogP contribution in [0.15, 0.2) is 48.5 Å². The number of ether oxygens (including phenoxy) is 1. The van der Waals surface area contributed by atoms with Gasteiger partial charge in [0.1, 0.15) is 5.75 Å². The quantitative estimate of drug-likeness (QED) is 0.770. The SMILES string of the molecule is COc1cccc(NC(=O)C2CCN(c3nc4ccccc4n3C)CC2)c1. The van der Waals surface area contributed by atoms with Crippen LogP contribution in [0, 0.1) is 5.92 Å². The zero-order chi connectivity index (χ0) is 18.8. The molecular formula is C21H24N4O2. The fraction of sp³-hybridized carbons (Fsp3) is 0.333. The van der Waals surface area contributed by atoms with Crippen LogP contribution in [-0.2, 0) is 11.8 Å². The fourth-order valence-electron chi connectivity index (χ4n) is 3.70. The molecule has 6 heteroatoms. The van der Waals surface area contributed by atoms with Crippen molar-refractivity contribution in [3.63, 3.8) is 0 Å². The Hall–Kier alpha value is -3.02. The van der Waals surface area contributed by atoms with Gasteiger partial charge in [0.2, 0.25) is 11.9 Å². The standard InChI is InChI=1S/C21H24N4O2/c1-24-19-9-4-3-8-18(19)23-21(24)25-12-10-15(11-13-25)20(26)22-16-6-5-7-17(14-16)27-2/h3-9,14-15H,10-13H2,1-2H3,(H,22,26). The molecule has 0 unspecified atom stereocenters. The van der Waals surface area contributed by atoms with Crippen molar-refractivity contribution < 1.29 is 9.53 Å². The fourth-order valence-corrected chi connectivity index (χ4v) is 3.70. The highest BCUT2D eigenvalue weighted by atomic mass is 16.5. The number of anilines is 2. The zero-order valence-electron chi connectivity index (χ0n) is 15.7. The maximum atomic E-state index is 12.6. The summed E-state index contributed by atoms with van der Waals surface area (Å²) in [5.74, 6) is 1.81. The summed E-state index contributed by atoms with van der Waals surface area (Å²) in [5.41, 5.74) is 2.91. The number of para-hydroxylation sites is 2. The van der Waals surface area contributed by atoms with Crippen LogP contribution in [0.25, 0.3) is 11.0 Å². The van der Waals surface area contributed by atoms with Crippen molar-refractivity contribution >= 4 is 28.6 Å². The highest BCUT2D eigenvalue weighted by molar-refractivity contribution is 5.93. The number of carbonyl (C=O) groups excluding carboxylic acids is 1. The topological polar surface area (TPSA) is 59.4 Å². The lowest BCUT2D eigenvalue weighted by Crippen LogP contribution is -2.39. The van der Waals surface area contributed by atoms with Gasteiger partial charge in [-0.05, 0) is 37.1 Å². The number of carbonyl (C=O) groups is 1. The van der Waals surface area contributed by atoms with E-state index in [9.17, 15) is 4.79 Å². The number of nitrogens with zero attached hydrogens (tertiary/aromatic N) is 3. The Labute approximate surface area is 158 Å². The van der Waals surface area contributed by atoms with Gasteiger partial charge < -0.3 is 19.5 Å². The molecule has 2 aromatic carbocycles. The maximum absolute atomic E-state index is 12.6. The summed E-state index contributed by atoms with van der Waals surface area (Å²) in [4.78, 5) is 19.7. The molecule has 2 heterocycles. The minimum Gasteiger partial charge on any atom is -0.497 e. The number of methoxy groups -OCH3 is 1. The van der Waals surface area contributed by atoms with Gasteiger partial charge in [-0.15, -0.1) is 0 Å². The summed E-state index contributed by atoms with van der Waals surface area (Å²) in [6, 6.07) is 15.6. The first-order valence-corrected chi connectivity index (χ1v) is 9.27. The van der Waals surface area contributed by atoms with Crippen molar-refractivity contribution in [2.45, 2.75) is 12.8 Å². The number of rotatable bonds is 4. The lowest BCUT2D eigenvalue weighted by atomic mass is 9.96. The van der Waals surface area contributed by atoms with Crippen LogP contribution in [0.4, 0.5) is 11.6 Å². The number of imidazole rings is 1. The Kier molecular flexibility index (Phi) is 4.71. The minimum absolute atomic E-state index is 0.0159. The predicted molar refractivity (Wildman–Crippen MR) is 107 cm³/mol. The molecule has 1 aliphatic heterocycles. The Balaban J connectivity index is 1.40. The van der Waals surface area contributed by atoms with Crippen LogP contribution < -0.4 is 15.0 Å². The maximum Gasteiger partial charge on any atom is 0.227 e. The highest BCUT2D eigenvalue weighted by Gasteiger charge is 2.27. The van der Waals surface area contributed by atoms with Crippen molar-refractivity contribution in [1.29, 1.82) is 0 Å². The van der Waals surface area contributed by atoms with Crippen molar-refractivity contribution in [2.24, 2.45) is 13.0 Å². The van der Waals surface area contributed by atoms with Crippen molar-refractivity contribution in [1.82, 2.24) is 9.55 Å². The minimum atomic E-state index is 0.0159. The summed E-state index contributed by atoms with van der Waals surface area (Å²) < 4.78 is 7.34. The lowest BCUT2D eigenvalue weighted by molar-refractivity contribution is -0.120. The first-order chi connectivity index (χ1) is 13.2. The van der Waals surface area contributed by atoms with E-state index in [4.69, 9.17) is 9.72 Å². The van der Waals surface area contributed by atoms with E-state index < -0.39 is 0 Å². The summed E-state index contributed by atoms with van der Waals surface area (Å²) in [6.07, 6.45) is 1.64. The average Bonchev–Trinajstić information content (AvgIpc) is 3.05. The summed E-state index contributed by atoms with van der Waals surface area (Å²) in [7, 11) is 3.67. The molecule has 0 saturated carbocycles. The molecule has 0 spiro atoms. The van der Waals surface area contributed by atoms with Gasteiger partial charge in [-0.2, -0.15) is 0 Å². The molecule has 0 radical (unpaired) electrons. The molecule has 0 bridgehead atoms. The van der Waals surface area contributed by atoms with Crippen molar-refractivity contribution in [3.8, 4) is 5.75 Å². The summed E-state index contributed by atoms with van der Waals surface area (Å²) >= 11 is 0. The Morgan fingerprint density at radius 1 is 1.15 bits per heavy atom. The van der Waals surface area contributed by atoms with Gasteiger partial charge in [0, 0.05) is 37.8 Å². The van der Waals surface area contributed by atoms with Crippen LogP contribution in [0.2, 0.25) is 0 Å². The number of nitrogens with one attached hydrogen (secondary N) is 1. The highest BCUT2D eigenvalue weighted by Crippen LogP contribution is 2.27. The van der Waals surface area contributed by atoms with Gasteiger partial charge in [-0.3, -0.25) is 4.79 Å². The van der Waals surface area contributed by atoms with Gasteiger partial charge in [0.05, 0.1) is 18.1 Å². The van der Waals surface area contributed by atoms with E-state index in [-0.39, 0.29) is 11.8 Å². The van der Waals surface area contributed by atoms with Gasteiger partial charge in [-0.1, -0.05) is 18.2 Å². The van der Waals surface area contributed by atoms with Crippen LogP contribution in [0.5, 0.6) is 5.75 Å². The van der Waals surface area contributed by atoms with Gasteiger partial charge in [0.25, 0.3) is 0 Å². The second-order valence-corrected chi connectivity index (χ2v) is 6.94. The smallest absolute Gasteiger partial charge is 0.227 e. The number of aryl methyl sites for hydroxylation is 1. The third kappa shape index (κ3) is 3.47. The van der Waals surface area contributed by atoms with E-state index in [1.54, 1.807) is 7.11 Å². The number of fused-ring (bicyclic) bond motifs is 1. The summed E-state index contributed by atoms with van der Waals surface area (Å²) in [6.45, 7) is 1.65. The number of hydrogen-bond acceptors (Lipinski definition) is 4. The molecular weight excluding hydrogens is 340 g/mol. The number of amides is 1. The van der Waals surface area contributed by atoms with E-state index in [1.165, 1.54) is 0 Å². The molecule has 6 nitrogen and oxygen atoms in total. The third-order valence-corrected chi connectivity index (χ3v) is 5.25. The van der Waals surface area contributed by atoms with E-state index in [1.807, 2.05) is 49.5 Å². The molecule has 1 amide bonds. The number of hydrogen-bond donors (Lipinski definition) is 1. The van der Waals surface area contributed by atoms with Gasteiger partial charge in [0.15, 0.2) is 0 Å². The molecule has 1 N–H and O–H groups in total. The van der Waals surface area contributed by atoms with Gasteiger partial charge >= 0.3 is 0 Å². The largest absolute Gasteiger partial charge is 0.497 e. The number of piperidine rings is 1. The van der Waals surface area contributed by atoms with Crippen LogP contribution in [0.3, 0.4) is 0 Å². The van der Waals surface area contributed by atoms with Crippen LogP contribution in [-0.4, -0.2) is 35.7 Å². The molecule has 27 heavy (non-hydrogen) atoms. The summed E-state index contributed by atoms with van der Waals surface area (Å²) in [5, 5.41) is 3.02. The second-order valence-electron chi connectivity index (χ2n) is 6.94. The molecule has 3 aromatic rings. The molecule has 1 fully saturated rings. The molecule has 0 aliphatic carbocycles. The lowest BCUT2D eigenvalue weighted by Gasteiger charge is -2.32. The third-order valence-electron chi connectivity index (χ3n) is 5.25. The van der Waals surface area contributed by atoms with E-state index >= 15 is 0 Å².